The fraction of sp³-hybridized carbons (Fsp3) is 0.421. The van der Waals surface area contributed by atoms with E-state index in [1.165, 1.54) is 11.1 Å². The summed E-state index contributed by atoms with van der Waals surface area (Å²) in [7, 11) is 0. The molecule has 0 aliphatic heterocycles. The van der Waals surface area contributed by atoms with Crippen molar-refractivity contribution >= 4 is 0 Å². The Hall–Kier alpha value is -0.942. The van der Waals surface area contributed by atoms with Crippen LogP contribution in [0.4, 0.5) is 0 Å². The second kappa shape index (κ2) is 6.44. The first kappa shape index (κ1) is 18.1. The molecule has 116 valence electrons. The zero-order valence-electron chi connectivity index (χ0n) is 13.7. The number of aromatic nitrogens is 1. The Morgan fingerprint density at radius 2 is 1.38 bits per heavy atom. The van der Waals surface area contributed by atoms with E-state index in [9.17, 15) is 0 Å². The predicted octanol–water partition coefficient (Wildman–Crippen LogP) is 5.14. The molecule has 0 aliphatic rings. The molecule has 0 bridgehead atoms. The van der Waals surface area contributed by atoms with Gasteiger partial charge >= 0.3 is 0 Å². The summed E-state index contributed by atoms with van der Waals surface area (Å²) in [5.74, 6) is 0. The first-order valence-corrected chi connectivity index (χ1v) is 7.17. The molecule has 1 aromatic carbocycles. The minimum Gasteiger partial charge on any atom is -0.304 e. The third-order valence-electron chi connectivity index (χ3n) is 3.58. The summed E-state index contributed by atoms with van der Waals surface area (Å²) in [6.07, 6.45) is 1.97. The van der Waals surface area contributed by atoms with Crippen LogP contribution >= 0.6 is 0 Å². The molecule has 2 heteroatoms. The van der Waals surface area contributed by atoms with E-state index in [0.29, 0.717) is 0 Å². The molecule has 0 N–H and O–H groups in total. The van der Waals surface area contributed by atoms with Gasteiger partial charge in [0.05, 0.1) is 0 Å². The summed E-state index contributed by atoms with van der Waals surface area (Å²) in [4.78, 5) is 4.58. The van der Waals surface area contributed by atoms with E-state index in [1.807, 2.05) is 6.20 Å². The van der Waals surface area contributed by atoms with Crippen LogP contribution in [0.2, 0.25) is 0 Å². The molecule has 0 radical (unpaired) electrons. The normalized spacial score (nSPS) is 11.9. The average Bonchev–Trinajstić information content (AvgIpc) is 2.37. The molecule has 0 fully saturated rings. The van der Waals surface area contributed by atoms with Gasteiger partial charge in [-0.3, -0.25) is 0 Å². The van der Waals surface area contributed by atoms with Gasteiger partial charge in [-0.15, -0.1) is 35.4 Å². The van der Waals surface area contributed by atoms with Crippen LogP contribution in [0.5, 0.6) is 0 Å². The monoisotopic (exact) mass is 461 g/mol. The van der Waals surface area contributed by atoms with Crippen molar-refractivity contribution in [3.05, 3.63) is 53.7 Å². The Morgan fingerprint density at radius 1 is 0.810 bits per heavy atom. The number of hydrogen-bond acceptors (Lipinski definition) is 1. The van der Waals surface area contributed by atoms with Gasteiger partial charge in [0, 0.05) is 27.3 Å². The Bertz CT molecular complexity index is 513. The molecule has 0 atom stereocenters. The van der Waals surface area contributed by atoms with Crippen LogP contribution in [0.25, 0.3) is 11.3 Å². The van der Waals surface area contributed by atoms with Crippen molar-refractivity contribution in [1.82, 2.24) is 4.98 Å². The van der Waals surface area contributed by atoms with E-state index < -0.39 is 0 Å². The maximum absolute atomic E-state index is 4.58. The van der Waals surface area contributed by atoms with E-state index in [4.69, 9.17) is 0 Å². The summed E-state index contributed by atoms with van der Waals surface area (Å²) in [5, 5.41) is 0. The number of rotatable bonds is 1. The molecule has 0 aliphatic carbocycles. The van der Waals surface area contributed by atoms with E-state index in [0.717, 1.165) is 11.3 Å². The Labute approximate surface area is 143 Å². The average molecular weight is 461 g/mol. The third-order valence-corrected chi connectivity index (χ3v) is 3.58. The van der Waals surface area contributed by atoms with Gasteiger partial charge in [-0.2, -0.15) is 0 Å². The largest absolute Gasteiger partial charge is 0.304 e. The molecule has 0 saturated carbocycles. The molecule has 0 unspecified atom stereocenters. The number of benzene rings is 1. The smallest absolute Gasteiger partial charge is 0.0198 e. The van der Waals surface area contributed by atoms with Crippen LogP contribution in [0, 0.1) is 6.07 Å². The van der Waals surface area contributed by atoms with Crippen LogP contribution in [0.15, 0.2) is 36.5 Å². The van der Waals surface area contributed by atoms with Crippen LogP contribution in [0.1, 0.15) is 52.7 Å². The topological polar surface area (TPSA) is 12.9 Å². The molecular formula is C19H24NPt-. The van der Waals surface area contributed by atoms with Crippen LogP contribution < -0.4 is 0 Å². The SMILES string of the molecule is CC(C)(C)c1c[c-]c(-c2ccc(C(C)(C)C)cn2)cc1.[Pt]. The van der Waals surface area contributed by atoms with Gasteiger partial charge in [0.15, 0.2) is 0 Å². The van der Waals surface area contributed by atoms with Crippen LogP contribution in [0.3, 0.4) is 0 Å². The van der Waals surface area contributed by atoms with Gasteiger partial charge in [0.2, 0.25) is 0 Å². The van der Waals surface area contributed by atoms with Gasteiger partial charge in [-0.1, -0.05) is 53.7 Å². The fourth-order valence-electron chi connectivity index (χ4n) is 2.05. The predicted molar refractivity (Wildman–Crippen MR) is 85.9 cm³/mol. The Balaban J connectivity index is 0.00000220. The van der Waals surface area contributed by atoms with Crippen LogP contribution in [-0.4, -0.2) is 4.98 Å². The Morgan fingerprint density at radius 3 is 1.76 bits per heavy atom. The van der Waals surface area contributed by atoms with Gasteiger partial charge in [-0.05, 0) is 22.1 Å². The van der Waals surface area contributed by atoms with E-state index in [-0.39, 0.29) is 31.9 Å². The van der Waals surface area contributed by atoms with Gasteiger partial charge in [0.1, 0.15) is 0 Å². The van der Waals surface area contributed by atoms with Crippen molar-refractivity contribution in [2.45, 2.75) is 52.4 Å². The number of hydrogen-bond donors (Lipinski definition) is 0. The first-order valence-electron chi connectivity index (χ1n) is 7.17. The maximum Gasteiger partial charge on any atom is 0.0198 e. The molecule has 21 heavy (non-hydrogen) atoms. The number of pyridine rings is 1. The van der Waals surface area contributed by atoms with E-state index in [1.54, 1.807) is 0 Å². The second-order valence-corrected chi connectivity index (χ2v) is 7.42. The van der Waals surface area contributed by atoms with Crippen molar-refractivity contribution < 1.29 is 21.1 Å². The van der Waals surface area contributed by atoms with Crippen molar-refractivity contribution in [3.63, 3.8) is 0 Å². The van der Waals surface area contributed by atoms with Crippen LogP contribution in [-0.2, 0) is 31.9 Å². The molecule has 0 amide bonds. The summed E-state index contributed by atoms with van der Waals surface area (Å²) in [5.41, 5.74) is 4.90. The first-order chi connectivity index (χ1) is 9.18. The zero-order valence-corrected chi connectivity index (χ0v) is 16.0. The van der Waals surface area contributed by atoms with Crippen molar-refractivity contribution in [1.29, 1.82) is 0 Å². The summed E-state index contributed by atoms with van der Waals surface area (Å²) in [6.45, 7) is 13.3. The quantitative estimate of drug-likeness (QED) is 0.536. The maximum atomic E-state index is 4.58. The van der Waals surface area contributed by atoms with Crippen molar-refractivity contribution in [2.24, 2.45) is 0 Å². The zero-order chi connectivity index (χ0) is 15.0. The van der Waals surface area contributed by atoms with E-state index >= 15 is 0 Å². The molecule has 2 rings (SSSR count). The third kappa shape index (κ3) is 4.51. The van der Waals surface area contributed by atoms with Crippen molar-refractivity contribution in [2.75, 3.05) is 0 Å². The number of nitrogens with zero attached hydrogens (tertiary/aromatic N) is 1. The molecule has 2 aromatic rings. The summed E-state index contributed by atoms with van der Waals surface area (Å²) < 4.78 is 0. The molecule has 0 saturated heterocycles. The summed E-state index contributed by atoms with van der Waals surface area (Å²) in [6, 6.07) is 14.0. The molecule has 1 heterocycles. The molecule has 0 spiro atoms. The standard InChI is InChI=1S/C19H24N.Pt/c1-18(2,3)15-9-7-14(8-10-15)17-12-11-16(13-20-17)19(4,5)6;/h7,9-13H,1-6H3;/q-1;. The van der Waals surface area contributed by atoms with Crippen molar-refractivity contribution in [3.8, 4) is 11.3 Å². The second-order valence-electron chi connectivity index (χ2n) is 7.42. The fourth-order valence-corrected chi connectivity index (χ4v) is 2.05. The van der Waals surface area contributed by atoms with Gasteiger partial charge in [-0.25, -0.2) is 0 Å². The molecular weight excluding hydrogens is 437 g/mol. The molecule has 1 nitrogen and oxygen atoms in total. The van der Waals surface area contributed by atoms with Gasteiger partial charge < -0.3 is 4.98 Å². The summed E-state index contributed by atoms with van der Waals surface area (Å²) >= 11 is 0. The minimum absolute atomic E-state index is 0. The van der Waals surface area contributed by atoms with E-state index in [2.05, 4.69) is 82.9 Å². The minimum atomic E-state index is 0. The van der Waals surface area contributed by atoms with Gasteiger partial charge in [0.25, 0.3) is 0 Å². The molecule has 1 aromatic heterocycles. The Kier molecular flexibility index (Phi) is 5.56.